The molecule has 2 aromatic rings. The number of piperidine rings is 1. The molecule has 1 aromatic carbocycles. The first-order chi connectivity index (χ1) is 13.5. The van der Waals surface area contributed by atoms with Crippen molar-refractivity contribution in [2.24, 2.45) is 0 Å². The monoisotopic (exact) mass is 390 g/mol. The van der Waals surface area contributed by atoms with E-state index in [2.05, 4.69) is 15.8 Å². The molecule has 0 aliphatic carbocycles. The van der Waals surface area contributed by atoms with Gasteiger partial charge in [-0.2, -0.15) is 0 Å². The van der Waals surface area contributed by atoms with Crippen LogP contribution in [-0.2, 0) is 0 Å². The number of nitrogens with one attached hydrogen (secondary N) is 2. The zero-order valence-corrected chi connectivity index (χ0v) is 16.5. The first kappa shape index (κ1) is 20.1. The van der Waals surface area contributed by atoms with Crippen molar-refractivity contribution in [1.82, 2.24) is 15.8 Å². The van der Waals surface area contributed by atoms with Crippen LogP contribution in [0.4, 0.5) is 10.2 Å². The van der Waals surface area contributed by atoms with Crippen LogP contribution < -0.4 is 20.3 Å². The fourth-order valence-corrected chi connectivity index (χ4v) is 3.41. The summed E-state index contributed by atoms with van der Waals surface area (Å²) in [5, 5.41) is 10.5. The molecule has 1 atom stereocenters. The summed E-state index contributed by atoms with van der Waals surface area (Å²) in [7, 11) is 4.96. The Balaban J connectivity index is 1.80. The third-order valence-corrected chi connectivity index (χ3v) is 4.93. The van der Waals surface area contributed by atoms with E-state index in [4.69, 9.17) is 9.26 Å². The highest BCUT2D eigenvalue weighted by Crippen LogP contribution is 2.33. The molecule has 7 nitrogen and oxygen atoms in total. The Morgan fingerprint density at radius 3 is 2.93 bits per heavy atom. The lowest BCUT2D eigenvalue weighted by atomic mass is 10.0. The van der Waals surface area contributed by atoms with Crippen molar-refractivity contribution in [3.63, 3.8) is 0 Å². The number of hydrogen-bond donors (Lipinski definition) is 2. The standard InChI is InChI=1S/C20H27FN4O3/c1-25(2)19-17(20(26)23-11-9-14-6-4-5-10-22-14)18(28-24-19)13-7-8-15(21)16(12-13)27-3/h7-8,12,14,22H,4-6,9-11H2,1-3H3,(H,23,26). The van der Waals surface area contributed by atoms with Gasteiger partial charge in [0.05, 0.1) is 7.11 Å². The van der Waals surface area contributed by atoms with E-state index in [0.29, 0.717) is 29.5 Å². The molecular weight excluding hydrogens is 363 g/mol. The number of methoxy groups -OCH3 is 1. The summed E-state index contributed by atoms with van der Waals surface area (Å²) in [6.07, 6.45) is 4.43. The van der Waals surface area contributed by atoms with Crippen LogP contribution in [0, 0.1) is 5.82 Å². The maximum Gasteiger partial charge on any atom is 0.259 e. The Bertz CT molecular complexity index is 816. The van der Waals surface area contributed by atoms with Gasteiger partial charge in [0.15, 0.2) is 23.1 Å². The Labute approximate surface area is 164 Å². The lowest BCUT2D eigenvalue weighted by molar-refractivity contribution is 0.0952. The van der Waals surface area contributed by atoms with E-state index in [1.807, 2.05) is 0 Å². The van der Waals surface area contributed by atoms with Crippen LogP contribution in [0.2, 0.25) is 0 Å². The Kier molecular flexibility index (Phi) is 6.51. The van der Waals surface area contributed by atoms with Crippen LogP contribution in [0.5, 0.6) is 5.75 Å². The molecule has 1 aliphatic rings. The first-order valence-corrected chi connectivity index (χ1v) is 9.53. The number of benzene rings is 1. The lowest BCUT2D eigenvalue weighted by Crippen LogP contribution is -2.37. The van der Waals surface area contributed by atoms with Gasteiger partial charge in [-0.05, 0) is 44.0 Å². The highest BCUT2D eigenvalue weighted by atomic mass is 19.1. The summed E-state index contributed by atoms with van der Waals surface area (Å²) in [6.45, 7) is 1.59. The van der Waals surface area contributed by atoms with Gasteiger partial charge in [0, 0.05) is 32.2 Å². The van der Waals surface area contributed by atoms with E-state index < -0.39 is 5.82 Å². The minimum Gasteiger partial charge on any atom is -0.494 e. The van der Waals surface area contributed by atoms with Gasteiger partial charge in [0.1, 0.15) is 5.56 Å². The Morgan fingerprint density at radius 1 is 1.43 bits per heavy atom. The van der Waals surface area contributed by atoms with Crippen molar-refractivity contribution >= 4 is 11.7 Å². The summed E-state index contributed by atoms with van der Waals surface area (Å²) >= 11 is 0. The normalized spacial score (nSPS) is 16.6. The highest BCUT2D eigenvalue weighted by molar-refractivity contribution is 6.04. The lowest BCUT2D eigenvalue weighted by Gasteiger charge is -2.23. The summed E-state index contributed by atoms with van der Waals surface area (Å²) in [5.41, 5.74) is 0.855. The molecule has 0 spiro atoms. The predicted octanol–water partition coefficient (Wildman–Crippen LogP) is 2.82. The fraction of sp³-hybridized carbons (Fsp3) is 0.500. The van der Waals surface area contributed by atoms with E-state index in [1.54, 1.807) is 25.1 Å². The van der Waals surface area contributed by atoms with Gasteiger partial charge in [0.25, 0.3) is 5.91 Å². The Hall–Kier alpha value is -2.61. The van der Waals surface area contributed by atoms with Crippen LogP contribution >= 0.6 is 0 Å². The molecule has 1 fully saturated rings. The second-order valence-electron chi connectivity index (χ2n) is 7.15. The summed E-state index contributed by atoms with van der Waals surface area (Å²) in [4.78, 5) is 14.6. The molecule has 0 saturated carbocycles. The number of rotatable bonds is 7. The molecule has 1 aromatic heterocycles. The number of ether oxygens (including phenoxy) is 1. The average Bonchev–Trinajstić information content (AvgIpc) is 3.14. The van der Waals surface area contributed by atoms with Crippen molar-refractivity contribution in [2.75, 3.05) is 39.2 Å². The van der Waals surface area contributed by atoms with Gasteiger partial charge < -0.3 is 24.8 Å². The second kappa shape index (κ2) is 9.05. The molecule has 1 unspecified atom stereocenters. The van der Waals surface area contributed by atoms with E-state index in [1.165, 1.54) is 32.1 Å². The number of carbonyl (C=O) groups excluding carboxylic acids is 1. The van der Waals surface area contributed by atoms with E-state index in [9.17, 15) is 9.18 Å². The predicted molar refractivity (Wildman–Crippen MR) is 105 cm³/mol. The maximum atomic E-state index is 13.8. The molecule has 1 amide bonds. The SMILES string of the molecule is COc1cc(-c2onc(N(C)C)c2C(=O)NCCC2CCCCN2)ccc1F. The number of halogens is 1. The van der Waals surface area contributed by atoms with Crippen molar-refractivity contribution in [1.29, 1.82) is 0 Å². The van der Waals surface area contributed by atoms with E-state index in [0.717, 1.165) is 19.4 Å². The van der Waals surface area contributed by atoms with Crippen molar-refractivity contribution in [3.8, 4) is 17.1 Å². The van der Waals surface area contributed by atoms with Gasteiger partial charge in [0.2, 0.25) is 0 Å². The van der Waals surface area contributed by atoms with Crippen LogP contribution in [0.3, 0.4) is 0 Å². The molecule has 2 heterocycles. The molecule has 1 aliphatic heterocycles. The quantitative estimate of drug-likeness (QED) is 0.757. The molecule has 0 radical (unpaired) electrons. The van der Waals surface area contributed by atoms with Crippen molar-refractivity contribution in [3.05, 3.63) is 29.6 Å². The van der Waals surface area contributed by atoms with Gasteiger partial charge in [-0.3, -0.25) is 4.79 Å². The molecule has 3 rings (SSSR count). The number of anilines is 1. The zero-order chi connectivity index (χ0) is 20.1. The number of amides is 1. The van der Waals surface area contributed by atoms with Crippen LogP contribution in [0.25, 0.3) is 11.3 Å². The van der Waals surface area contributed by atoms with Gasteiger partial charge in [-0.1, -0.05) is 11.6 Å². The summed E-state index contributed by atoms with van der Waals surface area (Å²) in [5.74, 6) is 0.0422. The molecule has 152 valence electrons. The second-order valence-corrected chi connectivity index (χ2v) is 7.15. The number of hydrogen-bond acceptors (Lipinski definition) is 6. The Morgan fingerprint density at radius 2 is 2.25 bits per heavy atom. The summed E-state index contributed by atoms with van der Waals surface area (Å²) < 4.78 is 24.3. The maximum absolute atomic E-state index is 13.8. The molecule has 28 heavy (non-hydrogen) atoms. The van der Waals surface area contributed by atoms with Crippen LogP contribution in [0.15, 0.2) is 22.7 Å². The number of nitrogens with zero attached hydrogens (tertiary/aromatic N) is 2. The van der Waals surface area contributed by atoms with Crippen molar-refractivity contribution < 1.29 is 18.4 Å². The molecule has 1 saturated heterocycles. The third kappa shape index (κ3) is 4.44. The van der Waals surface area contributed by atoms with Crippen molar-refractivity contribution in [2.45, 2.75) is 31.7 Å². The van der Waals surface area contributed by atoms with E-state index >= 15 is 0 Å². The van der Waals surface area contributed by atoms with Gasteiger partial charge in [-0.25, -0.2) is 4.39 Å². The molecular formula is C20H27FN4O3. The largest absolute Gasteiger partial charge is 0.494 e. The van der Waals surface area contributed by atoms with Gasteiger partial charge >= 0.3 is 0 Å². The molecule has 0 bridgehead atoms. The minimum absolute atomic E-state index is 0.0787. The average molecular weight is 390 g/mol. The molecule has 8 heteroatoms. The fourth-order valence-electron chi connectivity index (χ4n) is 3.41. The van der Waals surface area contributed by atoms with Crippen LogP contribution in [-0.4, -0.2) is 51.4 Å². The molecule has 2 N–H and O–H groups in total. The van der Waals surface area contributed by atoms with Crippen LogP contribution in [0.1, 0.15) is 36.0 Å². The zero-order valence-electron chi connectivity index (χ0n) is 16.5. The highest BCUT2D eigenvalue weighted by Gasteiger charge is 2.26. The third-order valence-electron chi connectivity index (χ3n) is 4.93. The number of aromatic nitrogens is 1. The first-order valence-electron chi connectivity index (χ1n) is 9.53. The smallest absolute Gasteiger partial charge is 0.259 e. The number of carbonyl (C=O) groups is 1. The van der Waals surface area contributed by atoms with E-state index in [-0.39, 0.29) is 17.4 Å². The summed E-state index contributed by atoms with van der Waals surface area (Å²) in [6, 6.07) is 4.76. The topological polar surface area (TPSA) is 79.6 Å². The van der Waals surface area contributed by atoms with Gasteiger partial charge in [-0.15, -0.1) is 0 Å². The minimum atomic E-state index is -0.482.